The molecule has 2 heteroatoms. The van der Waals surface area contributed by atoms with Gasteiger partial charge in [-0.15, -0.1) is 0 Å². The van der Waals surface area contributed by atoms with Crippen LogP contribution in [0.3, 0.4) is 0 Å². The Labute approximate surface area is 54.6 Å². The summed E-state index contributed by atoms with van der Waals surface area (Å²) >= 11 is 0. The Morgan fingerprint density at radius 3 is 2.78 bits per heavy atom. The van der Waals surface area contributed by atoms with Crippen molar-refractivity contribution in [3.63, 3.8) is 0 Å². The summed E-state index contributed by atoms with van der Waals surface area (Å²) in [6, 6.07) is 0. The summed E-state index contributed by atoms with van der Waals surface area (Å²) in [6.07, 6.45) is 4.52. The van der Waals surface area contributed by atoms with Crippen molar-refractivity contribution in [2.45, 2.75) is 24.8 Å². The Bertz CT molecular complexity index is 136. The van der Waals surface area contributed by atoms with Crippen LogP contribution in [0.25, 0.3) is 0 Å². The summed E-state index contributed by atoms with van der Waals surface area (Å²) in [5, 5.41) is 3.25. The van der Waals surface area contributed by atoms with Crippen molar-refractivity contribution in [3.05, 3.63) is 0 Å². The van der Waals surface area contributed by atoms with Gasteiger partial charge in [0.1, 0.15) is 6.29 Å². The third-order valence-electron chi connectivity index (χ3n) is 2.62. The third kappa shape index (κ3) is 0.628. The van der Waals surface area contributed by atoms with Gasteiger partial charge in [-0.3, -0.25) is 0 Å². The Morgan fingerprint density at radius 1 is 1.67 bits per heavy atom. The van der Waals surface area contributed by atoms with E-state index in [0.717, 1.165) is 31.6 Å². The van der Waals surface area contributed by atoms with Gasteiger partial charge in [0.05, 0.1) is 5.54 Å². The van der Waals surface area contributed by atoms with Gasteiger partial charge < -0.3 is 10.1 Å². The summed E-state index contributed by atoms with van der Waals surface area (Å²) in [6.45, 7) is 1.07. The minimum Gasteiger partial charge on any atom is -0.305 e. The molecular formula is C7H11NO. The number of piperidine rings is 1. The molecule has 9 heavy (non-hydrogen) atoms. The number of nitrogens with one attached hydrogen (secondary N) is 1. The van der Waals surface area contributed by atoms with Crippen LogP contribution in [-0.2, 0) is 4.79 Å². The van der Waals surface area contributed by atoms with Crippen molar-refractivity contribution >= 4 is 6.29 Å². The molecule has 1 aliphatic heterocycles. The summed E-state index contributed by atoms with van der Waals surface area (Å²) in [5.74, 6) is 0.801. The number of aldehydes is 1. The largest absolute Gasteiger partial charge is 0.305 e. The number of carbonyl (C=O) groups excluding carboxylic acids is 1. The highest BCUT2D eigenvalue weighted by Crippen LogP contribution is 2.37. The maximum absolute atomic E-state index is 10.5. The van der Waals surface area contributed by atoms with Crippen LogP contribution >= 0.6 is 0 Å². The second-order valence-corrected chi connectivity index (χ2v) is 3.26. The van der Waals surface area contributed by atoms with E-state index in [0.29, 0.717) is 0 Å². The van der Waals surface area contributed by atoms with E-state index < -0.39 is 0 Å². The lowest BCUT2D eigenvalue weighted by Crippen LogP contribution is -2.41. The van der Waals surface area contributed by atoms with E-state index in [2.05, 4.69) is 5.32 Å². The lowest BCUT2D eigenvalue weighted by Gasteiger charge is -2.19. The first-order valence-electron chi connectivity index (χ1n) is 3.56. The lowest BCUT2D eigenvalue weighted by molar-refractivity contribution is -0.112. The number of fused-ring (bicyclic) bond motifs is 2. The molecule has 50 valence electrons. The molecule has 2 unspecified atom stereocenters. The molecular weight excluding hydrogens is 114 g/mol. The molecule has 1 saturated carbocycles. The number of rotatable bonds is 1. The topological polar surface area (TPSA) is 29.1 Å². The van der Waals surface area contributed by atoms with E-state index >= 15 is 0 Å². The highest BCUT2D eigenvalue weighted by molar-refractivity contribution is 5.65. The Kier molecular flexibility index (Phi) is 0.943. The van der Waals surface area contributed by atoms with E-state index in [4.69, 9.17) is 0 Å². The molecule has 2 nitrogen and oxygen atoms in total. The van der Waals surface area contributed by atoms with Gasteiger partial charge in [-0.25, -0.2) is 0 Å². The zero-order valence-corrected chi connectivity index (χ0v) is 5.39. The maximum Gasteiger partial charge on any atom is 0.140 e. The quantitative estimate of drug-likeness (QED) is 0.511. The Hall–Kier alpha value is -0.370. The molecule has 1 saturated heterocycles. The van der Waals surface area contributed by atoms with Crippen LogP contribution in [0.4, 0.5) is 0 Å². The summed E-state index contributed by atoms with van der Waals surface area (Å²) in [4.78, 5) is 10.5. The molecule has 1 N–H and O–H groups in total. The zero-order chi connectivity index (χ0) is 6.32. The van der Waals surface area contributed by atoms with E-state index in [9.17, 15) is 4.79 Å². The predicted octanol–water partition coefficient (Wildman–Crippen LogP) is 0.327. The van der Waals surface area contributed by atoms with Gasteiger partial charge in [0.2, 0.25) is 0 Å². The number of carbonyl (C=O) groups is 1. The van der Waals surface area contributed by atoms with Crippen molar-refractivity contribution in [2.24, 2.45) is 5.92 Å². The first-order valence-corrected chi connectivity index (χ1v) is 3.56. The van der Waals surface area contributed by atoms with Crippen molar-refractivity contribution in [1.82, 2.24) is 5.32 Å². The molecule has 1 heterocycles. The van der Waals surface area contributed by atoms with Crippen molar-refractivity contribution < 1.29 is 4.79 Å². The number of hydrogen-bond acceptors (Lipinski definition) is 2. The minimum absolute atomic E-state index is 0.0787. The smallest absolute Gasteiger partial charge is 0.140 e. The molecule has 2 fully saturated rings. The molecule has 1 aliphatic carbocycles. The lowest BCUT2D eigenvalue weighted by atomic mass is 10.0. The van der Waals surface area contributed by atoms with Crippen LogP contribution < -0.4 is 5.32 Å². The van der Waals surface area contributed by atoms with Crippen LogP contribution in [0.5, 0.6) is 0 Å². The fourth-order valence-corrected chi connectivity index (χ4v) is 2.01. The molecule has 2 bridgehead atoms. The standard InChI is InChI=1S/C7H11NO/c9-5-7-2-1-6(3-7)4-8-7/h5-6,8H,1-4H2. The monoisotopic (exact) mass is 125 g/mol. The van der Waals surface area contributed by atoms with Gasteiger partial charge in [0, 0.05) is 0 Å². The predicted molar refractivity (Wildman–Crippen MR) is 34.1 cm³/mol. The van der Waals surface area contributed by atoms with Crippen molar-refractivity contribution in [1.29, 1.82) is 0 Å². The van der Waals surface area contributed by atoms with E-state index in [1.165, 1.54) is 6.42 Å². The molecule has 0 aromatic carbocycles. The number of hydrogen-bond donors (Lipinski definition) is 1. The van der Waals surface area contributed by atoms with Crippen LogP contribution in [0.15, 0.2) is 0 Å². The average Bonchev–Trinajstić information content (AvgIpc) is 2.46. The van der Waals surface area contributed by atoms with E-state index in [1.807, 2.05) is 0 Å². The molecule has 2 rings (SSSR count). The summed E-state index contributed by atoms with van der Waals surface area (Å²) in [5.41, 5.74) is -0.0787. The van der Waals surface area contributed by atoms with Gasteiger partial charge in [-0.2, -0.15) is 0 Å². The van der Waals surface area contributed by atoms with Gasteiger partial charge in [-0.1, -0.05) is 0 Å². The fraction of sp³-hybridized carbons (Fsp3) is 0.857. The first-order chi connectivity index (χ1) is 4.35. The van der Waals surface area contributed by atoms with E-state index in [-0.39, 0.29) is 5.54 Å². The van der Waals surface area contributed by atoms with Crippen molar-refractivity contribution in [2.75, 3.05) is 6.54 Å². The molecule has 2 aliphatic rings. The average molecular weight is 125 g/mol. The van der Waals surface area contributed by atoms with Gasteiger partial charge in [0.25, 0.3) is 0 Å². The maximum atomic E-state index is 10.5. The molecule has 0 spiro atoms. The van der Waals surface area contributed by atoms with Gasteiger partial charge in [0.15, 0.2) is 0 Å². The molecule has 0 aromatic heterocycles. The Morgan fingerprint density at radius 2 is 2.56 bits per heavy atom. The summed E-state index contributed by atoms with van der Waals surface area (Å²) < 4.78 is 0. The molecule has 2 atom stereocenters. The van der Waals surface area contributed by atoms with Crippen LogP contribution in [0.1, 0.15) is 19.3 Å². The molecule has 0 aromatic rings. The van der Waals surface area contributed by atoms with Crippen molar-refractivity contribution in [3.8, 4) is 0 Å². The second kappa shape index (κ2) is 1.57. The fourth-order valence-electron chi connectivity index (χ4n) is 2.01. The van der Waals surface area contributed by atoms with Crippen LogP contribution in [-0.4, -0.2) is 18.4 Å². The SMILES string of the molecule is O=CC12CCC(CN1)C2. The zero-order valence-electron chi connectivity index (χ0n) is 5.39. The highest BCUT2D eigenvalue weighted by Gasteiger charge is 2.44. The third-order valence-corrected chi connectivity index (χ3v) is 2.62. The highest BCUT2D eigenvalue weighted by atomic mass is 16.1. The van der Waals surface area contributed by atoms with Crippen LogP contribution in [0.2, 0.25) is 0 Å². The Balaban J connectivity index is 2.21. The minimum atomic E-state index is -0.0787. The van der Waals surface area contributed by atoms with E-state index in [1.54, 1.807) is 0 Å². The summed E-state index contributed by atoms with van der Waals surface area (Å²) in [7, 11) is 0. The van der Waals surface area contributed by atoms with Crippen LogP contribution in [0, 0.1) is 5.92 Å². The second-order valence-electron chi connectivity index (χ2n) is 3.26. The van der Waals surface area contributed by atoms with Gasteiger partial charge >= 0.3 is 0 Å². The molecule has 0 amide bonds. The normalized spacial score (nSPS) is 47.8. The van der Waals surface area contributed by atoms with Gasteiger partial charge in [-0.05, 0) is 31.7 Å². The molecule has 0 radical (unpaired) electrons. The first kappa shape index (κ1) is 5.42.